The average Bonchev–Trinajstić information content (AvgIpc) is 2.59. The van der Waals surface area contributed by atoms with Gasteiger partial charge in [-0.25, -0.2) is 8.42 Å². The lowest BCUT2D eigenvalue weighted by molar-refractivity contribution is 0.593. The van der Waals surface area contributed by atoms with Crippen molar-refractivity contribution < 1.29 is 8.42 Å². The minimum absolute atomic E-state index is 0.297. The molecule has 1 aromatic carbocycles. The third kappa shape index (κ3) is 2.43. The molecule has 5 nitrogen and oxygen atoms in total. The highest BCUT2D eigenvalue weighted by Crippen LogP contribution is 2.23. The molecule has 90 valence electrons. The van der Waals surface area contributed by atoms with E-state index >= 15 is 0 Å². The van der Waals surface area contributed by atoms with E-state index in [-0.39, 0.29) is 5.16 Å². The van der Waals surface area contributed by atoms with Gasteiger partial charge in [-0.1, -0.05) is 23.7 Å². The van der Waals surface area contributed by atoms with E-state index < -0.39 is 9.05 Å². The Hall–Kier alpha value is -1.11. The van der Waals surface area contributed by atoms with Gasteiger partial charge in [0.1, 0.15) is 0 Å². The Kier molecular flexibility index (Phi) is 3.11. The van der Waals surface area contributed by atoms with Gasteiger partial charge < -0.3 is 0 Å². The molecule has 2 aromatic rings. The molecule has 0 N–H and O–H groups in total. The van der Waals surface area contributed by atoms with E-state index in [1.807, 2.05) is 0 Å². The molecule has 0 spiro atoms. The fourth-order valence-corrected chi connectivity index (χ4v) is 2.55. The highest BCUT2D eigenvalue weighted by Gasteiger charge is 2.20. The fraction of sp³-hybridized carbons (Fsp3) is 0.111. The molecule has 0 amide bonds. The van der Waals surface area contributed by atoms with Crippen LogP contribution in [0.3, 0.4) is 0 Å². The van der Waals surface area contributed by atoms with Crippen LogP contribution in [0.4, 0.5) is 0 Å². The van der Waals surface area contributed by atoms with Crippen LogP contribution in [0.5, 0.6) is 0 Å². The summed E-state index contributed by atoms with van der Waals surface area (Å²) < 4.78 is 23.7. The Morgan fingerprint density at radius 2 is 2.00 bits per heavy atom. The first-order chi connectivity index (χ1) is 7.89. The highest BCUT2D eigenvalue weighted by molar-refractivity contribution is 8.13. The Morgan fingerprint density at radius 1 is 1.29 bits per heavy atom. The predicted molar refractivity (Wildman–Crippen MR) is 64.5 cm³/mol. The Labute approximate surface area is 107 Å². The summed E-state index contributed by atoms with van der Waals surface area (Å²) in [5, 5.41) is 7.56. The molecule has 1 aromatic heterocycles. The maximum Gasteiger partial charge on any atom is 0.296 e. The molecule has 0 aliphatic heterocycles. The van der Waals surface area contributed by atoms with Gasteiger partial charge in [0.25, 0.3) is 14.2 Å². The molecule has 0 unspecified atom stereocenters. The SMILES string of the molecule is Cn1c(-c2cccc(Cl)c2)nnc1S(=O)(=O)Cl. The number of benzene rings is 1. The largest absolute Gasteiger partial charge is 0.300 e. The van der Waals surface area contributed by atoms with E-state index in [1.165, 1.54) is 11.6 Å². The number of halogens is 2. The van der Waals surface area contributed by atoms with Gasteiger partial charge in [-0.05, 0) is 12.1 Å². The topological polar surface area (TPSA) is 64.8 Å². The Bertz CT molecular complexity index is 667. The summed E-state index contributed by atoms with van der Waals surface area (Å²) in [6, 6.07) is 6.86. The van der Waals surface area contributed by atoms with E-state index in [0.717, 1.165) is 0 Å². The van der Waals surface area contributed by atoms with E-state index in [0.29, 0.717) is 16.4 Å². The zero-order chi connectivity index (χ0) is 12.6. The molecule has 2 rings (SSSR count). The van der Waals surface area contributed by atoms with Crippen molar-refractivity contribution in [2.75, 3.05) is 0 Å². The molecule has 0 fully saturated rings. The van der Waals surface area contributed by atoms with Crippen molar-refractivity contribution in [3.8, 4) is 11.4 Å². The molecule has 0 saturated heterocycles. The first-order valence-corrected chi connectivity index (χ1v) is 7.18. The molecule has 0 radical (unpaired) electrons. The van der Waals surface area contributed by atoms with Crippen molar-refractivity contribution in [2.45, 2.75) is 5.16 Å². The summed E-state index contributed by atoms with van der Waals surface area (Å²) >= 11 is 5.84. The van der Waals surface area contributed by atoms with E-state index in [4.69, 9.17) is 22.3 Å². The second-order valence-corrected chi connectivity index (χ2v) is 6.21. The van der Waals surface area contributed by atoms with Gasteiger partial charge in [0.2, 0.25) is 0 Å². The lowest BCUT2D eigenvalue weighted by Crippen LogP contribution is -2.02. The number of rotatable bonds is 2. The monoisotopic (exact) mass is 291 g/mol. The molecule has 17 heavy (non-hydrogen) atoms. The predicted octanol–water partition coefficient (Wildman–Crippen LogP) is 2.06. The van der Waals surface area contributed by atoms with Crippen LogP contribution < -0.4 is 0 Å². The van der Waals surface area contributed by atoms with Crippen molar-refractivity contribution in [3.63, 3.8) is 0 Å². The maximum absolute atomic E-state index is 11.2. The van der Waals surface area contributed by atoms with Gasteiger partial charge in [0.05, 0.1) is 0 Å². The zero-order valence-electron chi connectivity index (χ0n) is 8.63. The summed E-state index contributed by atoms with van der Waals surface area (Å²) in [5.74, 6) is 0.381. The average molecular weight is 292 g/mol. The minimum atomic E-state index is -3.90. The van der Waals surface area contributed by atoms with Crippen molar-refractivity contribution in [1.29, 1.82) is 0 Å². The van der Waals surface area contributed by atoms with Crippen LogP contribution in [0.25, 0.3) is 11.4 Å². The van der Waals surface area contributed by atoms with Crippen LogP contribution in [-0.4, -0.2) is 23.2 Å². The fourth-order valence-electron chi connectivity index (χ4n) is 1.41. The van der Waals surface area contributed by atoms with Crippen molar-refractivity contribution in [2.24, 2.45) is 7.05 Å². The molecule has 1 heterocycles. The highest BCUT2D eigenvalue weighted by atomic mass is 35.7. The number of hydrogen-bond donors (Lipinski definition) is 0. The van der Waals surface area contributed by atoms with Gasteiger partial charge in [-0.3, -0.25) is 4.57 Å². The van der Waals surface area contributed by atoms with Crippen LogP contribution in [0.2, 0.25) is 5.02 Å². The van der Waals surface area contributed by atoms with E-state index in [1.54, 1.807) is 24.3 Å². The molecule has 0 atom stereocenters. The zero-order valence-corrected chi connectivity index (χ0v) is 11.0. The van der Waals surface area contributed by atoms with Crippen LogP contribution in [-0.2, 0) is 16.1 Å². The van der Waals surface area contributed by atoms with Gasteiger partial charge in [-0.2, -0.15) is 0 Å². The van der Waals surface area contributed by atoms with E-state index in [2.05, 4.69) is 10.2 Å². The molecule has 0 aliphatic carbocycles. The van der Waals surface area contributed by atoms with Gasteiger partial charge in [-0.15, -0.1) is 10.2 Å². The molecular formula is C9H7Cl2N3O2S. The van der Waals surface area contributed by atoms with E-state index in [9.17, 15) is 8.42 Å². The third-order valence-electron chi connectivity index (χ3n) is 2.14. The van der Waals surface area contributed by atoms with Crippen LogP contribution >= 0.6 is 22.3 Å². The molecule has 8 heteroatoms. The van der Waals surface area contributed by atoms with Crippen LogP contribution in [0, 0.1) is 0 Å². The molecule has 0 bridgehead atoms. The normalized spacial score (nSPS) is 11.7. The minimum Gasteiger partial charge on any atom is -0.300 e. The summed E-state index contributed by atoms with van der Waals surface area (Å²) in [6.07, 6.45) is 0. The third-order valence-corrected chi connectivity index (χ3v) is 3.58. The lowest BCUT2D eigenvalue weighted by atomic mass is 10.2. The van der Waals surface area contributed by atoms with Crippen molar-refractivity contribution >= 4 is 31.3 Å². The first kappa shape index (κ1) is 12.3. The van der Waals surface area contributed by atoms with Gasteiger partial charge in [0.15, 0.2) is 5.82 Å². The maximum atomic E-state index is 11.2. The molecule has 0 saturated carbocycles. The second-order valence-electron chi connectivity index (χ2n) is 3.31. The standard InChI is InChI=1S/C9H7Cl2N3O2S/c1-14-8(6-3-2-4-7(10)5-6)12-13-9(14)17(11,15)16/h2-5H,1H3. The lowest BCUT2D eigenvalue weighted by Gasteiger charge is -2.02. The molecular weight excluding hydrogens is 285 g/mol. The summed E-state index contributed by atoms with van der Waals surface area (Å²) in [6.45, 7) is 0. The molecule has 0 aliphatic rings. The Morgan fingerprint density at radius 3 is 2.53 bits per heavy atom. The summed E-state index contributed by atoms with van der Waals surface area (Å²) in [4.78, 5) is 0. The van der Waals surface area contributed by atoms with Gasteiger partial charge >= 0.3 is 0 Å². The van der Waals surface area contributed by atoms with Crippen molar-refractivity contribution in [3.05, 3.63) is 29.3 Å². The number of nitrogens with zero attached hydrogens (tertiary/aromatic N) is 3. The van der Waals surface area contributed by atoms with Crippen LogP contribution in [0.15, 0.2) is 29.4 Å². The summed E-state index contributed by atoms with van der Waals surface area (Å²) in [7, 11) is 2.84. The van der Waals surface area contributed by atoms with Crippen molar-refractivity contribution in [1.82, 2.24) is 14.8 Å². The van der Waals surface area contributed by atoms with Crippen LogP contribution in [0.1, 0.15) is 0 Å². The Balaban J connectivity index is 2.60. The first-order valence-electron chi connectivity index (χ1n) is 4.49. The number of aromatic nitrogens is 3. The van der Waals surface area contributed by atoms with Gasteiger partial charge in [0, 0.05) is 28.3 Å². The smallest absolute Gasteiger partial charge is 0.296 e. The summed E-state index contributed by atoms with van der Waals surface area (Å²) in [5.41, 5.74) is 0.666. The quantitative estimate of drug-likeness (QED) is 0.795. The number of hydrogen-bond acceptors (Lipinski definition) is 4. The second kappa shape index (κ2) is 4.29.